The van der Waals surface area contributed by atoms with Crippen molar-refractivity contribution >= 4 is 22.7 Å². The van der Waals surface area contributed by atoms with Crippen LogP contribution in [-0.2, 0) is 6.42 Å². The van der Waals surface area contributed by atoms with E-state index in [9.17, 15) is 19.1 Å². The van der Waals surface area contributed by atoms with Crippen LogP contribution in [-0.4, -0.2) is 23.9 Å². The maximum atomic E-state index is 13.6. The number of nitrogens with zero attached hydrogens (tertiary/aromatic N) is 1. The molecule has 0 amide bonds. The number of halogens is 1. The summed E-state index contributed by atoms with van der Waals surface area (Å²) in [6, 6.07) is 10.6. The second kappa shape index (κ2) is 8.25. The summed E-state index contributed by atoms with van der Waals surface area (Å²) in [6.45, 7) is 1.90. The maximum absolute atomic E-state index is 13.6. The average molecular weight is 482 g/mol. The van der Waals surface area contributed by atoms with Gasteiger partial charge in [0.05, 0.1) is 19.9 Å². The van der Waals surface area contributed by atoms with Gasteiger partial charge in [0.25, 0.3) is 5.56 Å². The summed E-state index contributed by atoms with van der Waals surface area (Å²) in [4.78, 5) is 26.5. The Morgan fingerprint density at radius 1 is 1.12 bits per heavy atom. The van der Waals surface area contributed by atoms with Gasteiger partial charge in [0.15, 0.2) is 17.2 Å². The number of methoxy groups -OCH3 is 2. The third-order valence-corrected chi connectivity index (χ3v) is 6.96. The third kappa shape index (κ3) is 3.43. The summed E-state index contributed by atoms with van der Waals surface area (Å²) in [7, 11) is 3.08. The van der Waals surface area contributed by atoms with Gasteiger partial charge < -0.3 is 23.6 Å². The summed E-state index contributed by atoms with van der Waals surface area (Å²) >= 11 is 0.840. The van der Waals surface area contributed by atoms with E-state index in [1.807, 2.05) is 13.0 Å². The zero-order valence-electron chi connectivity index (χ0n) is 18.5. The summed E-state index contributed by atoms with van der Waals surface area (Å²) in [6.07, 6.45) is 0.552. The fourth-order valence-corrected chi connectivity index (χ4v) is 5.26. The van der Waals surface area contributed by atoms with E-state index in [0.717, 1.165) is 22.9 Å². The van der Waals surface area contributed by atoms with Crippen molar-refractivity contribution in [1.29, 1.82) is 0 Å². The fraction of sp³-hybridized carbons (Fsp3) is 0.200. The molecule has 7 nitrogen and oxygen atoms in total. The first-order chi connectivity index (χ1) is 16.3. The van der Waals surface area contributed by atoms with E-state index >= 15 is 0 Å². The molecule has 1 unspecified atom stereocenters. The number of pyridine rings is 1. The summed E-state index contributed by atoms with van der Waals surface area (Å²) in [5.74, 6) is 0.115. The van der Waals surface area contributed by atoms with Gasteiger partial charge in [-0.2, -0.15) is 0 Å². The molecule has 0 saturated heterocycles. The van der Waals surface area contributed by atoms with Gasteiger partial charge in [0.2, 0.25) is 0 Å². The molecule has 0 aliphatic carbocycles. The minimum Gasteiger partial charge on any atom is -0.505 e. The molecule has 0 spiro atoms. The predicted octanol–water partition coefficient (Wildman–Crippen LogP) is 4.75. The lowest BCUT2D eigenvalue weighted by Gasteiger charge is -2.28. The quantitative estimate of drug-likeness (QED) is 0.450. The Morgan fingerprint density at radius 3 is 2.56 bits per heavy atom. The highest BCUT2D eigenvalue weighted by atomic mass is 32.2. The molecule has 2 aromatic carbocycles. The van der Waals surface area contributed by atoms with Crippen LogP contribution in [0.1, 0.15) is 18.5 Å². The summed E-state index contributed by atoms with van der Waals surface area (Å²) in [5, 5.41) is 10.9. The molecular weight excluding hydrogens is 461 g/mol. The predicted molar refractivity (Wildman–Crippen MR) is 126 cm³/mol. The van der Waals surface area contributed by atoms with Gasteiger partial charge in [-0.1, -0.05) is 17.8 Å². The third-order valence-electron chi connectivity index (χ3n) is 5.90. The first-order valence-corrected chi connectivity index (χ1v) is 11.3. The Hall–Kier alpha value is -3.72. The van der Waals surface area contributed by atoms with Crippen LogP contribution in [0.3, 0.4) is 0 Å². The second-order valence-electron chi connectivity index (χ2n) is 7.99. The largest absolute Gasteiger partial charge is 0.505 e. The first-order valence-electron chi connectivity index (χ1n) is 10.5. The van der Waals surface area contributed by atoms with Crippen molar-refractivity contribution in [3.05, 3.63) is 74.6 Å². The number of rotatable bonds is 4. The molecule has 34 heavy (non-hydrogen) atoms. The van der Waals surface area contributed by atoms with E-state index in [0.29, 0.717) is 28.5 Å². The summed E-state index contributed by atoms with van der Waals surface area (Å²) < 4.78 is 31.5. The fourth-order valence-electron chi connectivity index (χ4n) is 4.38. The number of ether oxygens (including phenoxy) is 2. The van der Waals surface area contributed by atoms with Gasteiger partial charge in [0, 0.05) is 22.6 Å². The molecule has 0 saturated carbocycles. The van der Waals surface area contributed by atoms with Crippen LogP contribution in [0.15, 0.2) is 66.3 Å². The van der Waals surface area contributed by atoms with Crippen LogP contribution in [0.2, 0.25) is 0 Å². The highest BCUT2D eigenvalue weighted by Gasteiger charge is 2.28. The monoisotopic (exact) mass is 481 g/mol. The molecule has 1 aliphatic rings. The van der Waals surface area contributed by atoms with Crippen LogP contribution in [0.25, 0.3) is 22.2 Å². The van der Waals surface area contributed by atoms with Crippen molar-refractivity contribution < 1.29 is 23.4 Å². The number of fused-ring (bicyclic) bond motifs is 4. The van der Waals surface area contributed by atoms with Crippen LogP contribution in [0.4, 0.5) is 4.39 Å². The van der Waals surface area contributed by atoms with Crippen LogP contribution in [0, 0.1) is 5.82 Å². The standard InChI is InChI=1S/C25H20FNO6S/c1-12-7-13-8-18(31-2)19(32-3)10-16(13)17-11-20-21(24(29)27(12)17)22(28)23(25(30)33-20)34-15-6-4-5-14(26)9-15/h4-6,8-12,28H,7H2,1-3H3. The first kappa shape index (κ1) is 22.1. The Morgan fingerprint density at radius 2 is 1.85 bits per heavy atom. The zero-order valence-corrected chi connectivity index (χ0v) is 19.4. The molecule has 9 heteroatoms. The summed E-state index contributed by atoms with van der Waals surface area (Å²) in [5.41, 5.74) is 0.907. The lowest BCUT2D eigenvalue weighted by molar-refractivity contribution is 0.354. The van der Waals surface area contributed by atoms with Crippen molar-refractivity contribution in [2.45, 2.75) is 29.2 Å². The van der Waals surface area contributed by atoms with Crippen molar-refractivity contribution in [3.63, 3.8) is 0 Å². The van der Waals surface area contributed by atoms with Crippen molar-refractivity contribution in [3.8, 4) is 28.5 Å². The van der Waals surface area contributed by atoms with Crippen LogP contribution in [0.5, 0.6) is 17.2 Å². The molecule has 3 heterocycles. The Balaban J connectivity index is 1.75. The highest BCUT2D eigenvalue weighted by molar-refractivity contribution is 7.99. The van der Waals surface area contributed by atoms with E-state index in [2.05, 4.69) is 0 Å². The van der Waals surface area contributed by atoms with Crippen molar-refractivity contribution in [2.24, 2.45) is 0 Å². The minimum atomic E-state index is -0.819. The van der Waals surface area contributed by atoms with E-state index < -0.39 is 22.8 Å². The van der Waals surface area contributed by atoms with Gasteiger partial charge >= 0.3 is 5.63 Å². The molecule has 2 aromatic heterocycles. The van der Waals surface area contributed by atoms with Crippen molar-refractivity contribution in [1.82, 2.24) is 4.57 Å². The molecular formula is C25H20FNO6S. The number of hydrogen-bond donors (Lipinski definition) is 1. The molecule has 1 atom stereocenters. The van der Waals surface area contributed by atoms with Gasteiger partial charge in [0.1, 0.15) is 21.7 Å². The molecule has 0 bridgehead atoms. The number of benzene rings is 2. The lowest BCUT2D eigenvalue weighted by Crippen LogP contribution is -2.30. The topological polar surface area (TPSA) is 90.9 Å². The lowest BCUT2D eigenvalue weighted by atomic mass is 9.92. The second-order valence-corrected chi connectivity index (χ2v) is 9.07. The Kier molecular flexibility index (Phi) is 5.36. The van der Waals surface area contributed by atoms with Gasteiger partial charge in [-0.15, -0.1) is 0 Å². The number of aromatic hydroxyl groups is 1. The minimum absolute atomic E-state index is 0.0304. The van der Waals surface area contributed by atoms with E-state index in [4.69, 9.17) is 13.9 Å². The van der Waals surface area contributed by atoms with E-state index in [1.54, 1.807) is 29.9 Å². The normalized spacial score (nSPS) is 14.5. The SMILES string of the molecule is COc1cc2c(cc1OC)-c1cc3oc(=O)c(Sc4cccc(F)c4)c(O)c3c(=O)n1C(C)C2. The van der Waals surface area contributed by atoms with E-state index in [1.165, 1.54) is 25.3 Å². The number of aromatic nitrogens is 1. The molecule has 0 fully saturated rings. The van der Waals surface area contributed by atoms with Crippen LogP contribution < -0.4 is 20.7 Å². The molecule has 174 valence electrons. The van der Waals surface area contributed by atoms with Gasteiger partial charge in [-0.25, -0.2) is 9.18 Å². The van der Waals surface area contributed by atoms with E-state index in [-0.39, 0.29) is 21.9 Å². The number of hydrogen-bond acceptors (Lipinski definition) is 7. The molecule has 4 aromatic rings. The van der Waals surface area contributed by atoms with Gasteiger partial charge in [-0.3, -0.25) is 4.79 Å². The van der Waals surface area contributed by atoms with Gasteiger partial charge in [-0.05, 0) is 49.2 Å². The Labute approximate surface area is 197 Å². The molecule has 5 rings (SSSR count). The smallest absolute Gasteiger partial charge is 0.354 e. The van der Waals surface area contributed by atoms with Crippen LogP contribution >= 0.6 is 11.8 Å². The maximum Gasteiger partial charge on any atom is 0.354 e. The highest BCUT2D eigenvalue weighted by Crippen LogP contribution is 2.42. The molecule has 0 radical (unpaired) electrons. The van der Waals surface area contributed by atoms with Crippen molar-refractivity contribution in [2.75, 3.05) is 14.2 Å². The average Bonchev–Trinajstić information content (AvgIpc) is 2.80. The molecule has 1 aliphatic heterocycles. The molecule has 1 N–H and O–H groups in total. The Bertz CT molecular complexity index is 1570. The zero-order chi connectivity index (χ0) is 24.1.